The quantitative estimate of drug-likeness (QED) is 0.0199. The fraction of sp³-hybridized carbons (Fsp3) is 0.743. The molecule has 0 aliphatic rings. The van der Waals surface area contributed by atoms with Gasteiger partial charge in [0.2, 0.25) is 29.5 Å². The van der Waals surface area contributed by atoms with Gasteiger partial charge in [0.15, 0.2) is 58.7 Å². The summed E-state index contributed by atoms with van der Waals surface area (Å²) in [5.74, 6) is -18.9. The molecule has 0 aliphatic heterocycles. The number of aliphatic carboxylic acids is 2. The zero-order valence-electron chi connectivity index (χ0n) is 66.7. The summed E-state index contributed by atoms with van der Waals surface area (Å²) in [5.41, 5.74) is 66.9. The lowest BCUT2D eigenvalue weighted by molar-refractivity contribution is -0.140. The highest BCUT2D eigenvalue weighted by Crippen LogP contribution is 2.26. The Hall–Kier alpha value is -9.75. The number of hydrogen-bond donors (Lipinski definition) is 19. The van der Waals surface area contributed by atoms with Gasteiger partial charge >= 0.3 is 11.9 Å². The molecule has 0 heterocycles. The number of carbonyl (C=O) groups is 14. The molecule has 0 rings (SSSR count). The summed E-state index contributed by atoms with van der Waals surface area (Å²) >= 11 is 0. The number of carboxylic acids is 2. The monoisotopic (exact) mass is 1590 g/mol. The Bertz CT molecular complexity index is 3160. The average molecular weight is 1590 g/mol. The van der Waals surface area contributed by atoms with E-state index in [4.69, 9.17) is 68.8 Å². The van der Waals surface area contributed by atoms with Crippen LogP contribution in [0.25, 0.3) is 0 Å². The molecule has 38 heteroatoms. The molecule has 0 bridgehead atoms. The Morgan fingerprint density at radius 1 is 0.357 bits per heavy atom. The molecule has 0 saturated carbocycles. The van der Waals surface area contributed by atoms with E-state index in [2.05, 4.69) is 51.5 Å². The summed E-state index contributed by atoms with van der Waals surface area (Å²) in [5, 5.41) is 33.1. The van der Waals surface area contributed by atoms with E-state index in [1.54, 1.807) is 34.6 Å². The predicted octanol–water partition coefficient (Wildman–Crippen LogP) is -0.933. The minimum Gasteiger partial charge on any atom is -0.481 e. The van der Waals surface area contributed by atoms with Gasteiger partial charge in [0.25, 0.3) is 0 Å². The second-order valence-corrected chi connectivity index (χ2v) is 29.4. The van der Waals surface area contributed by atoms with Gasteiger partial charge in [0, 0.05) is 126 Å². The van der Waals surface area contributed by atoms with E-state index in [1.807, 2.05) is 0 Å². The third-order valence-electron chi connectivity index (χ3n) is 19.2. The van der Waals surface area contributed by atoms with Gasteiger partial charge in [-0.3, -0.25) is 92.1 Å². The summed E-state index contributed by atoms with van der Waals surface area (Å²) in [7, 11) is 0. The molecule has 0 spiro atoms. The fourth-order valence-corrected chi connectivity index (χ4v) is 12.6. The van der Waals surface area contributed by atoms with Crippen LogP contribution in [0, 0.1) is 53.3 Å². The van der Waals surface area contributed by atoms with Crippen LogP contribution in [0.15, 0.2) is 25.0 Å². The highest BCUT2D eigenvalue weighted by Gasteiger charge is 2.38. The molecule has 31 N–H and O–H groups in total. The first-order valence-electron chi connectivity index (χ1n) is 39.0. The molecule has 38 nitrogen and oxygen atoms in total. The lowest BCUT2D eigenvalue weighted by Gasteiger charge is -2.28. The van der Waals surface area contributed by atoms with Gasteiger partial charge in [-0.25, -0.2) is 0 Å². The third kappa shape index (κ3) is 47.5. The highest BCUT2D eigenvalue weighted by atomic mass is 16.4. The Morgan fingerprint density at radius 3 is 1.07 bits per heavy atom. The van der Waals surface area contributed by atoms with Crippen LogP contribution >= 0.6 is 0 Å². The molecule has 0 saturated heterocycles. The molecule has 0 fully saturated rings. The molecule has 0 radical (unpaired) electrons. The summed E-state index contributed by atoms with van der Waals surface area (Å²) in [4.78, 5) is 214. The second kappa shape index (κ2) is 58.2. The molecule has 5 amide bonds. The molecule has 0 aromatic carbocycles. The second-order valence-electron chi connectivity index (χ2n) is 29.4. The fourth-order valence-electron chi connectivity index (χ4n) is 12.6. The van der Waals surface area contributed by atoms with Crippen molar-refractivity contribution in [2.75, 3.05) is 52.4 Å². The van der Waals surface area contributed by atoms with E-state index in [9.17, 15) is 77.3 Å². The van der Waals surface area contributed by atoms with Crippen LogP contribution in [0.5, 0.6) is 0 Å². The average Bonchev–Trinajstić information content (AvgIpc) is 0.864. The Labute approximate surface area is 658 Å². The van der Waals surface area contributed by atoms with Gasteiger partial charge in [-0.15, -0.1) is 0 Å². The number of ketones is 7. The Balaban J connectivity index is 7.18. The number of carboxylic acid groups (broad SMARTS) is 2. The summed E-state index contributed by atoms with van der Waals surface area (Å²) in [6.07, 6.45) is -0.0550. The van der Waals surface area contributed by atoms with E-state index in [-0.39, 0.29) is 170 Å². The van der Waals surface area contributed by atoms with Crippen molar-refractivity contribution in [3.05, 3.63) is 0 Å². The van der Waals surface area contributed by atoms with Crippen molar-refractivity contribution in [3.8, 4) is 0 Å². The van der Waals surface area contributed by atoms with Crippen LogP contribution in [0.4, 0.5) is 0 Å². The van der Waals surface area contributed by atoms with E-state index >= 15 is 0 Å². The number of aliphatic imine (C=N–C) groups is 5. The van der Waals surface area contributed by atoms with Gasteiger partial charge in [-0.2, -0.15) is 0 Å². The van der Waals surface area contributed by atoms with Crippen LogP contribution in [0.1, 0.15) is 221 Å². The number of guanidine groups is 5. The highest BCUT2D eigenvalue weighted by molar-refractivity contribution is 5.99. The van der Waals surface area contributed by atoms with Crippen LogP contribution in [-0.4, -0.2) is 198 Å². The largest absolute Gasteiger partial charge is 0.481 e. The van der Waals surface area contributed by atoms with Crippen molar-refractivity contribution < 1.29 is 77.3 Å². The van der Waals surface area contributed by atoms with E-state index < -0.39 is 200 Å². The maximum absolute atomic E-state index is 14.7. The molecular weight excluding hydrogens is 1450 g/mol. The number of nitrogens with one attached hydrogen (secondary N) is 5. The van der Waals surface area contributed by atoms with Crippen LogP contribution in [-0.2, 0) is 67.1 Å². The molecule has 12 atom stereocenters. The number of rotatable bonds is 67. The van der Waals surface area contributed by atoms with Gasteiger partial charge in [-0.05, 0) is 141 Å². The van der Waals surface area contributed by atoms with Crippen molar-refractivity contribution in [1.82, 2.24) is 26.6 Å². The van der Waals surface area contributed by atoms with Crippen molar-refractivity contribution in [3.63, 3.8) is 0 Å². The first-order chi connectivity index (χ1) is 52.8. The Morgan fingerprint density at radius 2 is 0.688 bits per heavy atom. The van der Waals surface area contributed by atoms with E-state index in [1.165, 1.54) is 6.92 Å². The van der Waals surface area contributed by atoms with Crippen LogP contribution in [0.3, 0.4) is 0 Å². The van der Waals surface area contributed by atoms with Crippen molar-refractivity contribution in [2.45, 2.75) is 245 Å². The first-order valence-corrected chi connectivity index (χ1v) is 39.0. The lowest BCUT2D eigenvalue weighted by Crippen LogP contribution is -2.50. The third-order valence-corrected chi connectivity index (χ3v) is 19.2. The number of amides is 5. The summed E-state index contributed by atoms with van der Waals surface area (Å²) < 4.78 is 0. The number of nitrogens with two attached hydrogens (primary N) is 12. The molecular formula is C74H134N22O16. The molecule has 636 valence electrons. The smallest absolute Gasteiger partial charge is 0.303 e. The standard InChI is InChI=1S/C74H134N22O16/c1-7-44(4)64(96-68(111)50(21-14-32-89-72(81)82)40-60(102)56(25-27-63(106)107)95-66(109)48(18-8-10-28-75)38-57(99)45(5)17-12-30-87-70(77)78)61(103)41-51(24-26-62(104)105)65(108)92-42-53(98)36-52(35-43(2)3)69(112)94-55(23-16-34-91-74(85)86)59(101)39-49(19-9-11-29-76)67(110)93-54(22-15-33-90-73(83)84)58(100)37-47(46(6)97)20-13-31-88-71(79)80/h43-45,47-52,54-56,64H,7-42,75-76H2,1-6H3,(H,92,108)(H,93,110)(H,94,112)(H,95,109)(H,96,111)(H,104,105)(H,106,107)(H4,77,78,87)(H4,79,80,88)(H4,81,82,89)(H4,83,84,90)(H4,85,86,91)/t44-,45-,47+,48+,49+,50+,51+,52+,54-,55-,56-,64?/m0/s1. The topological polar surface area (TPSA) is 714 Å². The number of nitrogens with zero attached hydrogens (tertiary/aromatic N) is 5. The van der Waals surface area contributed by atoms with E-state index in [0.29, 0.717) is 51.5 Å². The molecule has 0 aromatic heterocycles. The van der Waals surface area contributed by atoms with Gasteiger partial charge in [0.05, 0.1) is 30.7 Å². The van der Waals surface area contributed by atoms with Crippen LogP contribution < -0.4 is 95.4 Å². The van der Waals surface area contributed by atoms with Gasteiger partial charge in [-0.1, -0.05) is 53.9 Å². The lowest BCUT2D eigenvalue weighted by atomic mass is 9.86. The number of unbranched alkanes of at least 4 members (excludes halogenated alkanes) is 2. The summed E-state index contributed by atoms with van der Waals surface area (Å²) in [6, 6.07) is -5.22. The summed E-state index contributed by atoms with van der Waals surface area (Å²) in [6.45, 7) is 10.5. The number of carbonyl (C=O) groups excluding carboxylic acids is 12. The SMILES string of the molecule is CC[C@H](C)C(NC(=O)[C@H](CCCN=C(N)N)CC(=O)[C@H](CCC(=O)O)NC(=O)[C@H](CCCCN)CC(=O)[C@@H](C)CCCN=C(N)N)C(=O)C[C@@H](CCC(=O)O)C(=O)NCC(=O)C[C@@H](CC(C)C)C(=O)N[C@@H](CCCN=C(N)N)C(=O)C[C@@H](CCCCN)C(=O)N[C@@H](CCCN=C(N)N)C(=O)C[C@@H](CCCN=C(N)N)C(C)=O. The zero-order chi connectivity index (χ0) is 85.0. The van der Waals surface area contributed by atoms with Crippen molar-refractivity contribution in [2.24, 2.45) is 147 Å². The molecule has 0 aromatic rings. The van der Waals surface area contributed by atoms with E-state index in [0.717, 1.165) is 0 Å². The first kappa shape index (κ1) is 102. The van der Waals surface area contributed by atoms with Crippen molar-refractivity contribution >= 4 is 112 Å². The minimum absolute atomic E-state index is 0.00315. The normalized spacial score (nSPS) is 14.3. The number of Topliss-reactive ketones (excluding diaryl/α,β-unsaturated/α-hetero) is 7. The van der Waals surface area contributed by atoms with Crippen molar-refractivity contribution in [1.29, 1.82) is 0 Å². The number of hydrogen-bond acceptors (Lipinski definition) is 21. The minimum atomic E-state index is -1.46. The molecule has 112 heavy (non-hydrogen) atoms. The molecule has 0 aliphatic carbocycles. The van der Waals surface area contributed by atoms with Crippen LogP contribution in [0.2, 0.25) is 0 Å². The molecule has 1 unspecified atom stereocenters. The van der Waals surface area contributed by atoms with Gasteiger partial charge < -0.3 is 106 Å². The maximum atomic E-state index is 14.7. The Kier molecular flexibility index (Phi) is 53.1. The maximum Gasteiger partial charge on any atom is 0.303 e. The predicted molar refractivity (Wildman–Crippen MR) is 427 cm³/mol. The van der Waals surface area contributed by atoms with Gasteiger partial charge in [0.1, 0.15) is 11.6 Å². The zero-order valence-corrected chi connectivity index (χ0v) is 66.7.